The number of hydrogen-bond acceptors (Lipinski definition) is 8. The van der Waals surface area contributed by atoms with Crippen molar-refractivity contribution in [3.63, 3.8) is 0 Å². The Bertz CT molecular complexity index is 1630. The molecule has 3 heterocycles. The molecule has 1 aromatic carbocycles. The van der Waals surface area contributed by atoms with E-state index < -0.39 is 32.7 Å². The molecule has 3 aromatic rings. The van der Waals surface area contributed by atoms with Gasteiger partial charge in [-0.3, -0.25) is 9.59 Å². The maximum absolute atomic E-state index is 13.8. The smallest absolute Gasteiger partial charge is 0.217 e. The van der Waals surface area contributed by atoms with Crippen molar-refractivity contribution in [2.45, 2.75) is 76.2 Å². The fraction of sp³-hybridized carbons (Fsp3) is 0.438. The third-order valence-electron chi connectivity index (χ3n) is 7.87. The predicted octanol–water partition coefficient (Wildman–Crippen LogP) is 4.49. The number of aromatic nitrogens is 2. The molecule has 2 aromatic heterocycles. The van der Waals surface area contributed by atoms with Gasteiger partial charge in [0.2, 0.25) is 5.88 Å². The van der Waals surface area contributed by atoms with Gasteiger partial charge >= 0.3 is 0 Å². The molecule has 0 saturated carbocycles. The fourth-order valence-corrected chi connectivity index (χ4v) is 6.13. The Kier molecular flexibility index (Phi) is 8.04. The van der Waals surface area contributed by atoms with Crippen molar-refractivity contribution in [3.8, 4) is 22.9 Å². The Balaban J connectivity index is 1.49. The van der Waals surface area contributed by atoms with Crippen LogP contribution < -0.4 is 14.2 Å². The molecule has 0 radical (unpaired) electrons. The summed E-state index contributed by atoms with van der Waals surface area (Å²) in [6.45, 7) is 9.21. The number of nitrogens with zero attached hydrogens (tertiary/aromatic N) is 2. The van der Waals surface area contributed by atoms with Gasteiger partial charge in [-0.25, -0.2) is 23.3 Å². The van der Waals surface area contributed by atoms with E-state index in [0.717, 1.165) is 5.56 Å². The number of ether oxygens (including phenoxy) is 2. The summed E-state index contributed by atoms with van der Waals surface area (Å²) in [6, 6.07) is 9.15. The van der Waals surface area contributed by atoms with Crippen molar-refractivity contribution in [1.29, 1.82) is 0 Å². The lowest BCUT2D eigenvalue weighted by Crippen LogP contribution is -2.47. The second-order valence-corrected chi connectivity index (χ2v) is 14.6. The van der Waals surface area contributed by atoms with E-state index in [1.54, 1.807) is 31.2 Å². The number of methoxy groups -OCH3 is 1. The Morgan fingerprint density at radius 1 is 1.16 bits per heavy atom. The number of Topliss-reactive ketones (excluding diaryl/α,β-unsaturated/α-hetero) is 2. The first-order valence-corrected chi connectivity index (χ1v) is 15.2. The highest BCUT2D eigenvalue weighted by Crippen LogP contribution is 2.45. The average Bonchev–Trinajstić information content (AvgIpc) is 3.49. The maximum atomic E-state index is 13.8. The molecule has 0 amide bonds. The zero-order chi connectivity index (χ0) is 31.3. The lowest BCUT2D eigenvalue weighted by atomic mass is 9.88. The SMILES string of the molecule is COc1nc(C(=O)CCC(C)(O)c2cc3c(c(-c4ccc(F)cc4)n2)OCC3(C)NS(=O)C(C)(C)C)cc2c1CC(=O)C2. The molecule has 3 unspecified atom stereocenters. The van der Waals surface area contributed by atoms with Gasteiger partial charge in [-0.2, -0.15) is 0 Å². The summed E-state index contributed by atoms with van der Waals surface area (Å²) in [7, 11) is 0.0132. The van der Waals surface area contributed by atoms with Crippen molar-refractivity contribution in [2.24, 2.45) is 0 Å². The number of benzene rings is 1. The minimum absolute atomic E-state index is 0.0133. The van der Waals surface area contributed by atoms with Crippen molar-refractivity contribution in [1.82, 2.24) is 14.7 Å². The molecule has 1 aliphatic heterocycles. The second-order valence-electron chi connectivity index (χ2n) is 12.6. The number of ketones is 2. The largest absolute Gasteiger partial charge is 0.489 e. The van der Waals surface area contributed by atoms with Crippen LogP contribution in [0.3, 0.4) is 0 Å². The molecule has 11 heteroatoms. The number of carbonyl (C=O) groups excluding carboxylic acids is 2. The molecule has 43 heavy (non-hydrogen) atoms. The number of carbonyl (C=O) groups is 2. The van der Waals surface area contributed by atoms with E-state index in [1.807, 2.05) is 27.7 Å². The predicted molar refractivity (Wildman–Crippen MR) is 160 cm³/mol. The van der Waals surface area contributed by atoms with E-state index in [-0.39, 0.29) is 61.1 Å². The van der Waals surface area contributed by atoms with Crippen LogP contribution in [0.1, 0.15) is 80.3 Å². The third kappa shape index (κ3) is 6.11. The molecule has 228 valence electrons. The maximum Gasteiger partial charge on any atom is 0.217 e. The quantitative estimate of drug-likeness (QED) is 0.340. The molecule has 0 fully saturated rings. The fourth-order valence-electron chi connectivity index (χ4n) is 5.25. The Morgan fingerprint density at radius 3 is 2.51 bits per heavy atom. The topological polar surface area (TPSA) is 128 Å². The van der Waals surface area contributed by atoms with Gasteiger partial charge in [0.25, 0.3) is 0 Å². The molecule has 0 bridgehead atoms. The highest BCUT2D eigenvalue weighted by molar-refractivity contribution is 7.84. The molecular formula is C32H36FN3O6S. The molecule has 9 nitrogen and oxygen atoms in total. The third-order valence-corrected chi connectivity index (χ3v) is 9.62. The number of halogens is 1. The van der Waals surface area contributed by atoms with Gasteiger partial charge in [0.05, 0.1) is 34.1 Å². The monoisotopic (exact) mass is 609 g/mol. The molecule has 0 spiro atoms. The average molecular weight is 610 g/mol. The standard InChI is InChI=1S/C32H36FN3O6S/c1-30(2,3)43(40)36-31(4)17-42-28-23(31)16-26(35-27(28)18-7-9-20(33)10-8-18)32(5,39)12-11-25(38)24-14-19-13-21(37)15-22(19)29(34-24)41-6/h7-10,14,16,36,39H,11-13,15,17H2,1-6H3. The molecule has 1 aliphatic carbocycles. The molecule has 3 atom stereocenters. The van der Waals surface area contributed by atoms with Gasteiger partial charge in [-0.15, -0.1) is 0 Å². The number of aliphatic hydroxyl groups is 1. The number of hydrogen-bond donors (Lipinski definition) is 2. The van der Waals surface area contributed by atoms with Crippen LogP contribution in [0, 0.1) is 5.82 Å². The number of fused-ring (bicyclic) bond motifs is 2. The van der Waals surface area contributed by atoms with Crippen LogP contribution in [0.5, 0.6) is 11.6 Å². The van der Waals surface area contributed by atoms with Gasteiger partial charge in [0.15, 0.2) is 11.5 Å². The summed E-state index contributed by atoms with van der Waals surface area (Å²) in [5, 5.41) is 11.7. The number of nitrogens with one attached hydrogen (secondary N) is 1. The van der Waals surface area contributed by atoms with E-state index in [0.29, 0.717) is 28.1 Å². The molecule has 2 N–H and O–H groups in total. The van der Waals surface area contributed by atoms with Crippen LogP contribution in [0.2, 0.25) is 0 Å². The van der Waals surface area contributed by atoms with E-state index in [4.69, 9.17) is 14.5 Å². The van der Waals surface area contributed by atoms with Crippen molar-refractivity contribution >= 4 is 22.6 Å². The van der Waals surface area contributed by atoms with Crippen LogP contribution in [-0.4, -0.2) is 49.3 Å². The highest BCUT2D eigenvalue weighted by atomic mass is 32.2. The van der Waals surface area contributed by atoms with E-state index >= 15 is 0 Å². The van der Waals surface area contributed by atoms with Crippen molar-refractivity contribution in [3.05, 3.63) is 70.3 Å². The minimum Gasteiger partial charge on any atom is -0.489 e. The second kappa shape index (κ2) is 11.2. The lowest BCUT2D eigenvalue weighted by Gasteiger charge is -2.30. The summed E-state index contributed by atoms with van der Waals surface area (Å²) in [4.78, 5) is 34.3. The summed E-state index contributed by atoms with van der Waals surface area (Å²) in [5.41, 5.74) is 1.08. The van der Waals surface area contributed by atoms with Crippen LogP contribution in [0.4, 0.5) is 4.39 Å². The Morgan fingerprint density at radius 2 is 1.86 bits per heavy atom. The normalized spacial score (nSPS) is 19.8. The highest BCUT2D eigenvalue weighted by Gasteiger charge is 2.43. The Labute approximate surface area is 252 Å². The molecule has 0 saturated heterocycles. The van der Waals surface area contributed by atoms with Crippen LogP contribution in [-0.2, 0) is 39.8 Å². The number of pyridine rings is 2. The van der Waals surface area contributed by atoms with E-state index in [9.17, 15) is 23.3 Å². The Hall–Kier alpha value is -3.54. The van der Waals surface area contributed by atoms with E-state index in [2.05, 4.69) is 9.71 Å². The molecular weight excluding hydrogens is 573 g/mol. The van der Waals surface area contributed by atoms with Crippen molar-refractivity contribution in [2.75, 3.05) is 13.7 Å². The summed E-state index contributed by atoms with van der Waals surface area (Å²) in [5.74, 6) is 0.0422. The van der Waals surface area contributed by atoms with Gasteiger partial charge in [0, 0.05) is 36.0 Å². The minimum atomic E-state index is -1.57. The van der Waals surface area contributed by atoms with Crippen LogP contribution >= 0.6 is 0 Å². The number of rotatable bonds is 9. The summed E-state index contributed by atoms with van der Waals surface area (Å²) < 4.78 is 41.0. The first-order chi connectivity index (χ1) is 20.1. The van der Waals surface area contributed by atoms with Crippen molar-refractivity contribution < 1.29 is 32.8 Å². The summed E-state index contributed by atoms with van der Waals surface area (Å²) >= 11 is 0. The zero-order valence-corrected chi connectivity index (χ0v) is 26.0. The van der Waals surface area contributed by atoms with E-state index in [1.165, 1.54) is 19.2 Å². The summed E-state index contributed by atoms with van der Waals surface area (Å²) in [6.07, 6.45) is 0.419. The van der Waals surface area contributed by atoms with Gasteiger partial charge in [-0.05, 0) is 83.0 Å². The van der Waals surface area contributed by atoms with Crippen LogP contribution in [0.15, 0.2) is 36.4 Å². The van der Waals surface area contributed by atoms with Gasteiger partial charge < -0.3 is 14.6 Å². The molecule has 5 rings (SSSR count). The lowest BCUT2D eigenvalue weighted by molar-refractivity contribution is -0.117. The molecule has 2 aliphatic rings. The first kappa shape index (κ1) is 30.9. The first-order valence-electron chi connectivity index (χ1n) is 14.1. The van der Waals surface area contributed by atoms with Crippen LogP contribution in [0.25, 0.3) is 11.3 Å². The van der Waals surface area contributed by atoms with Gasteiger partial charge in [0.1, 0.15) is 35.2 Å². The van der Waals surface area contributed by atoms with Gasteiger partial charge in [-0.1, -0.05) is 0 Å². The zero-order valence-electron chi connectivity index (χ0n) is 25.2.